The fourth-order valence-electron chi connectivity index (χ4n) is 8.66. The molecule has 0 rings (SSSR count). The lowest BCUT2D eigenvalue weighted by Crippen LogP contribution is -2.43. The fourth-order valence-corrected chi connectivity index (χ4v) is 8.66. The van der Waals surface area contributed by atoms with Gasteiger partial charge in [0.15, 0.2) is 23.1 Å². The molecule has 48 nitrogen and oxygen atoms in total. The Morgan fingerprint density at radius 1 is 0.155 bits per heavy atom. The molecule has 0 fully saturated rings. The summed E-state index contributed by atoms with van der Waals surface area (Å²) in [6, 6.07) is 0. The number of ether oxygens (including phenoxy) is 26. The molecular weight excluding hydrogens is 1730 g/mol. The highest BCUT2D eigenvalue weighted by molar-refractivity contribution is 5.84. The van der Waals surface area contributed by atoms with E-state index in [1.165, 1.54) is 96.9 Å². The Kier molecular flexibility index (Phi) is 83.4. The van der Waals surface area contributed by atoms with E-state index in [0.717, 1.165) is 0 Å². The predicted octanol–water partition coefficient (Wildman–Crippen LogP) is 0.166. The first kappa shape index (κ1) is 126. The molecule has 0 spiro atoms. The average Bonchev–Trinajstić information content (AvgIpc) is 0.877. The summed E-state index contributed by atoms with van der Waals surface area (Å²) in [7, 11) is 0. The SMILES string of the molecule is CC(=O)CNC(=O)OCCOCC(COCCOC(=O)NCC(C)=O)(COCCOC(=O)NCC(C)=O)COCCOC(=O)NCC(C)=O.CC(=O)COCCOCC(COCCOCC(C)=O)(COCCOCC(C)=O)COCCOCC(C)=O.CC(=O)OCCOC(C)=O.CC(=O)OCCOCC(COCCOC(C)=O)(COCCOC(C)=O)COCCOC(C)=O. The Bertz CT molecular complexity index is 2770. The van der Waals surface area contributed by atoms with Crippen LogP contribution in [0.5, 0.6) is 0 Å². The van der Waals surface area contributed by atoms with E-state index in [-0.39, 0.29) is 362 Å². The second kappa shape index (κ2) is 85.4. The number of hydrogen-bond donors (Lipinski definition) is 4. The zero-order chi connectivity index (χ0) is 97.6. The van der Waals surface area contributed by atoms with Gasteiger partial charge in [-0.25, -0.2) is 19.2 Å². The minimum absolute atomic E-state index is 0.0185. The fraction of sp³-hybridized carbons (Fsp3) is 0.778. The van der Waals surface area contributed by atoms with Crippen molar-refractivity contribution < 1.29 is 209 Å². The molecule has 0 atom stereocenters. The van der Waals surface area contributed by atoms with Gasteiger partial charge in [-0.3, -0.25) is 67.1 Å². The molecule has 0 radical (unpaired) electrons. The molecule has 0 aliphatic heterocycles. The molecule has 48 heteroatoms. The van der Waals surface area contributed by atoms with Gasteiger partial charge in [-0.2, -0.15) is 0 Å². The smallest absolute Gasteiger partial charge is 0.407 e. The van der Waals surface area contributed by atoms with E-state index >= 15 is 0 Å². The third-order valence-electron chi connectivity index (χ3n) is 14.2. The number of nitrogens with one attached hydrogen (secondary N) is 4. The quantitative estimate of drug-likeness (QED) is 0.0358. The van der Waals surface area contributed by atoms with Crippen molar-refractivity contribution >= 4 is 106 Å². The lowest BCUT2D eigenvalue weighted by atomic mass is 9.92. The Morgan fingerprint density at radius 2 is 0.271 bits per heavy atom. The molecule has 0 heterocycles. The van der Waals surface area contributed by atoms with Crippen LogP contribution in [-0.2, 0) is 190 Å². The van der Waals surface area contributed by atoms with Crippen molar-refractivity contribution in [3.05, 3.63) is 0 Å². The molecular formula is C81H138N4O44. The minimum atomic E-state index is -1.07. The summed E-state index contributed by atoms with van der Waals surface area (Å²) in [6.45, 7) is 21.2. The summed E-state index contributed by atoms with van der Waals surface area (Å²) in [6.07, 6.45) is -3.25. The maximum atomic E-state index is 11.7. The average molecular weight is 1870 g/mol. The number of Topliss-reactive ketones (excluding diaryl/α,β-unsaturated/α-hetero) is 8. The molecule has 0 aromatic rings. The normalized spacial score (nSPS) is 10.9. The van der Waals surface area contributed by atoms with Gasteiger partial charge in [0, 0.05) is 41.5 Å². The van der Waals surface area contributed by atoms with Gasteiger partial charge in [-0.05, 0) is 55.4 Å². The van der Waals surface area contributed by atoms with E-state index in [1.54, 1.807) is 0 Å². The highest BCUT2D eigenvalue weighted by Gasteiger charge is 2.36. The van der Waals surface area contributed by atoms with Crippen LogP contribution in [0, 0.1) is 16.2 Å². The number of esters is 6. The predicted molar refractivity (Wildman–Crippen MR) is 443 cm³/mol. The molecule has 746 valence electrons. The molecule has 4 N–H and O–H groups in total. The van der Waals surface area contributed by atoms with Gasteiger partial charge in [0.2, 0.25) is 0 Å². The largest absolute Gasteiger partial charge is 0.463 e. The van der Waals surface area contributed by atoms with Crippen molar-refractivity contribution in [3.8, 4) is 0 Å². The summed E-state index contributed by atoms with van der Waals surface area (Å²) < 4.78 is 138. The number of hydrogen-bond acceptors (Lipinski definition) is 44. The standard InChI is InChI=1S/C29H48N4O16.C25H44O12.C21H36O12.C6H10O4/c1-21(34)13-30-25(38)46-9-5-42-17-29(18-43-6-10-47-26(39)31-14-22(2)35,19-44-7-11-48-27(40)32-15-23(3)36)20-45-8-12-49-28(41)33-16-24(4)37;1-21(26)13-30-5-9-34-17-25(18-35-10-6-31-14-22(2)27,19-36-11-7-32-15-23(3)28)20-37-12-8-33-16-24(4)29;1-17(22)30-9-5-26-13-21(14-27-6-10-31-18(2)23,15-28-7-11-32-19(3)24)16-29-8-12-33-20(4)25;1-5(7)9-3-4-10-6(2)8/h5-20H2,1-4H3,(H,30,38)(H,31,39)(H,32,40)(H,33,41);5-20H2,1-4H3;5-16H2,1-4H3;3-4H2,1-2H3. The van der Waals surface area contributed by atoms with Crippen LogP contribution in [-0.4, -0.2) is 410 Å². The second-order valence-corrected chi connectivity index (χ2v) is 28.0. The first-order valence-electron chi connectivity index (χ1n) is 40.8. The number of carbonyl (C=O) groups is 18. The Hall–Kier alpha value is -9.38. The summed E-state index contributed by atoms with van der Waals surface area (Å²) in [5.74, 6) is -3.73. The summed E-state index contributed by atoms with van der Waals surface area (Å²) >= 11 is 0. The third kappa shape index (κ3) is 96.0. The molecule has 0 bridgehead atoms. The monoisotopic (exact) mass is 1870 g/mol. The number of alkyl carbamates (subject to hydrolysis) is 4. The maximum Gasteiger partial charge on any atom is 0.407 e. The topological polar surface area (TPSA) is 595 Å². The highest BCUT2D eigenvalue weighted by Crippen LogP contribution is 2.24. The number of carbonyl (C=O) groups excluding carboxylic acids is 18. The summed E-state index contributed by atoms with van der Waals surface area (Å²) in [5, 5.41) is 9.10. The van der Waals surface area contributed by atoms with E-state index in [0.29, 0.717) is 0 Å². The second-order valence-electron chi connectivity index (χ2n) is 28.0. The minimum Gasteiger partial charge on any atom is -0.463 e. The van der Waals surface area contributed by atoms with Gasteiger partial charge in [0.25, 0.3) is 0 Å². The van der Waals surface area contributed by atoms with Crippen LogP contribution in [0.1, 0.15) is 96.9 Å². The Labute approximate surface area is 751 Å². The van der Waals surface area contributed by atoms with Crippen LogP contribution < -0.4 is 21.3 Å². The van der Waals surface area contributed by atoms with Gasteiger partial charge in [-0.15, -0.1) is 0 Å². The molecule has 0 saturated heterocycles. The van der Waals surface area contributed by atoms with Crippen LogP contribution in [0.25, 0.3) is 0 Å². The van der Waals surface area contributed by atoms with Crippen molar-refractivity contribution in [2.45, 2.75) is 96.9 Å². The molecule has 129 heavy (non-hydrogen) atoms. The molecule has 0 aliphatic rings. The zero-order valence-corrected chi connectivity index (χ0v) is 77.0. The van der Waals surface area contributed by atoms with Crippen molar-refractivity contribution in [1.29, 1.82) is 0 Å². The van der Waals surface area contributed by atoms with Gasteiger partial charge in [0.1, 0.15) is 116 Å². The first-order valence-corrected chi connectivity index (χ1v) is 40.8. The summed E-state index contributed by atoms with van der Waals surface area (Å²) in [4.78, 5) is 199. The number of ketones is 8. The van der Waals surface area contributed by atoms with Crippen molar-refractivity contribution in [2.75, 3.05) is 304 Å². The van der Waals surface area contributed by atoms with Crippen LogP contribution in [0.3, 0.4) is 0 Å². The van der Waals surface area contributed by atoms with E-state index in [1.807, 2.05) is 0 Å². The first-order chi connectivity index (χ1) is 61.2. The van der Waals surface area contributed by atoms with Crippen molar-refractivity contribution in [3.63, 3.8) is 0 Å². The van der Waals surface area contributed by atoms with E-state index < -0.39 is 64.5 Å². The van der Waals surface area contributed by atoms with Crippen LogP contribution in [0.15, 0.2) is 0 Å². The molecule has 4 amide bonds. The molecule has 0 aromatic carbocycles. The van der Waals surface area contributed by atoms with Gasteiger partial charge >= 0.3 is 60.2 Å². The van der Waals surface area contributed by atoms with Gasteiger partial charge in [-0.1, -0.05) is 0 Å². The lowest BCUT2D eigenvalue weighted by Gasteiger charge is -2.33. The van der Waals surface area contributed by atoms with E-state index in [2.05, 4.69) is 30.7 Å². The zero-order valence-electron chi connectivity index (χ0n) is 77.0. The van der Waals surface area contributed by atoms with Crippen LogP contribution in [0.2, 0.25) is 0 Å². The van der Waals surface area contributed by atoms with Gasteiger partial charge in [0.05, 0.1) is 227 Å². The molecule has 0 aromatic heterocycles. The molecule has 0 aliphatic carbocycles. The van der Waals surface area contributed by atoms with Gasteiger partial charge < -0.3 is 144 Å². The Morgan fingerprint density at radius 3 is 0.395 bits per heavy atom. The summed E-state index contributed by atoms with van der Waals surface area (Å²) in [5.41, 5.74) is -2.58. The van der Waals surface area contributed by atoms with E-state index in [9.17, 15) is 86.3 Å². The third-order valence-corrected chi connectivity index (χ3v) is 14.2. The van der Waals surface area contributed by atoms with Crippen molar-refractivity contribution in [2.24, 2.45) is 16.2 Å². The lowest BCUT2D eigenvalue weighted by molar-refractivity contribution is -0.149. The molecule has 0 saturated carbocycles. The maximum absolute atomic E-state index is 11.7. The van der Waals surface area contributed by atoms with Crippen molar-refractivity contribution in [1.82, 2.24) is 21.3 Å². The number of rotatable bonds is 79. The van der Waals surface area contributed by atoms with Crippen LogP contribution in [0.4, 0.5) is 19.2 Å². The van der Waals surface area contributed by atoms with E-state index in [4.69, 9.17) is 114 Å². The number of amides is 4. The highest BCUT2D eigenvalue weighted by atomic mass is 16.6. The van der Waals surface area contributed by atoms with Crippen LogP contribution >= 0.6 is 0 Å². The Balaban J connectivity index is -0.000000875. The molecule has 0 unspecified atom stereocenters.